The number of hydrogen-bond donors (Lipinski definition) is 1. The molecule has 0 saturated carbocycles. The Balaban J connectivity index is 1.42. The summed E-state index contributed by atoms with van der Waals surface area (Å²) in [6.07, 6.45) is 2.50. The Morgan fingerprint density at radius 3 is 2.90 bits per heavy atom. The molecule has 1 N–H and O–H groups in total. The van der Waals surface area contributed by atoms with E-state index in [0.29, 0.717) is 0 Å². The minimum Gasteiger partial charge on any atom is -0.325 e. The van der Waals surface area contributed by atoms with Crippen molar-refractivity contribution in [3.63, 3.8) is 0 Å². The second-order valence-electron chi connectivity index (χ2n) is 7.39. The molecule has 5 nitrogen and oxygen atoms in total. The molecule has 3 aromatic heterocycles. The molecule has 7 heteroatoms. The number of thioether (sulfide) groups is 1. The number of rotatable bonds is 5. The van der Waals surface area contributed by atoms with Crippen LogP contribution in [0.25, 0.3) is 31.3 Å². The maximum Gasteiger partial charge on any atom is 0.234 e. The lowest BCUT2D eigenvalue weighted by atomic mass is 10.1. The van der Waals surface area contributed by atoms with Crippen LogP contribution < -0.4 is 5.32 Å². The Bertz CT molecular complexity index is 1440. The van der Waals surface area contributed by atoms with Crippen molar-refractivity contribution in [3.8, 4) is 0 Å². The number of fused-ring (bicyclic) bond motifs is 4. The lowest BCUT2D eigenvalue weighted by Crippen LogP contribution is -2.14. The van der Waals surface area contributed by atoms with E-state index >= 15 is 0 Å². The molecule has 0 bridgehead atoms. The zero-order valence-corrected chi connectivity index (χ0v) is 18.8. The van der Waals surface area contributed by atoms with E-state index in [2.05, 4.69) is 59.5 Å². The van der Waals surface area contributed by atoms with Gasteiger partial charge in [0.15, 0.2) is 0 Å². The summed E-state index contributed by atoms with van der Waals surface area (Å²) in [6, 6.07) is 16.4. The number of nitrogens with zero attached hydrogens (tertiary/aromatic N) is 3. The molecule has 5 aromatic rings. The van der Waals surface area contributed by atoms with Gasteiger partial charge < -0.3 is 5.32 Å². The summed E-state index contributed by atoms with van der Waals surface area (Å²) in [6.45, 7) is 4.17. The zero-order chi connectivity index (χ0) is 21.4. The van der Waals surface area contributed by atoms with Crippen LogP contribution in [0.15, 0.2) is 59.9 Å². The summed E-state index contributed by atoms with van der Waals surface area (Å²) in [7, 11) is 0. The van der Waals surface area contributed by atoms with Crippen molar-refractivity contribution in [2.45, 2.75) is 25.3 Å². The first-order valence-electron chi connectivity index (χ1n) is 10.1. The van der Waals surface area contributed by atoms with Crippen molar-refractivity contribution < 1.29 is 4.79 Å². The number of anilines is 1. The first kappa shape index (κ1) is 19.9. The molecule has 0 unspecified atom stereocenters. The molecule has 0 fully saturated rings. The lowest BCUT2D eigenvalue weighted by Gasteiger charge is -2.06. The summed E-state index contributed by atoms with van der Waals surface area (Å²) >= 11 is 3.01. The summed E-state index contributed by atoms with van der Waals surface area (Å²) < 4.78 is 0.975. The number of thiophene rings is 1. The highest BCUT2D eigenvalue weighted by atomic mass is 32.2. The number of carbonyl (C=O) groups is 1. The van der Waals surface area contributed by atoms with Crippen LogP contribution in [-0.2, 0) is 11.2 Å². The van der Waals surface area contributed by atoms with Crippen molar-refractivity contribution in [1.82, 2.24) is 15.0 Å². The molecule has 1 amide bonds. The average Bonchev–Trinajstić information content (AvgIpc) is 3.14. The molecule has 0 aliphatic heterocycles. The maximum atomic E-state index is 12.5. The van der Waals surface area contributed by atoms with E-state index in [4.69, 9.17) is 4.98 Å². The Labute approximate surface area is 187 Å². The fourth-order valence-electron chi connectivity index (χ4n) is 3.55. The molecule has 3 heterocycles. The van der Waals surface area contributed by atoms with Crippen molar-refractivity contribution in [2.75, 3.05) is 11.1 Å². The summed E-state index contributed by atoms with van der Waals surface area (Å²) in [5.74, 6) is 0.233. The fourth-order valence-corrected chi connectivity index (χ4v) is 5.54. The van der Waals surface area contributed by atoms with E-state index in [9.17, 15) is 4.79 Å². The third-order valence-electron chi connectivity index (χ3n) is 5.12. The predicted molar refractivity (Wildman–Crippen MR) is 130 cm³/mol. The van der Waals surface area contributed by atoms with Crippen LogP contribution in [0.1, 0.15) is 18.1 Å². The molecule has 0 spiro atoms. The zero-order valence-electron chi connectivity index (χ0n) is 17.2. The molecule has 0 atom stereocenters. The monoisotopic (exact) mass is 444 g/mol. The van der Waals surface area contributed by atoms with Crippen molar-refractivity contribution in [3.05, 3.63) is 66.0 Å². The highest BCUT2D eigenvalue weighted by Gasteiger charge is 2.15. The van der Waals surface area contributed by atoms with Gasteiger partial charge in [-0.25, -0.2) is 15.0 Å². The molecule has 5 rings (SSSR count). The molecular formula is C24H20N4OS2. The van der Waals surface area contributed by atoms with Crippen molar-refractivity contribution in [1.29, 1.82) is 0 Å². The van der Waals surface area contributed by atoms with Crippen LogP contribution in [0.3, 0.4) is 0 Å². The number of hydrogen-bond acceptors (Lipinski definition) is 6. The number of pyridine rings is 1. The Hall–Kier alpha value is -3.03. The third-order valence-corrected chi connectivity index (χ3v) is 7.34. The van der Waals surface area contributed by atoms with Crippen LogP contribution in [0, 0.1) is 6.92 Å². The average molecular weight is 445 g/mol. The molecule has 2 aromatic carbocycles. The van der Waals surface area contributed by atoms with E-state index in [1.807, 2.05) is 18.2 Å². The molecule has 154 valence electrons. The van der Waals surface area contributed by atoms with Gasteiger partial charge in [-0.15, -0.1) is 11.3 Å². The summed E-state index contributed by atoms with van der Waals surface area (Å²) in [5, 5.41) is 5.91. The second kappa shape index (κ2) is 8.24. The number of carbonyl (C=O) groups excluding carboxylic acids is 1. The first-order chi connectivity index (χ1) is 15.1. The van der Waals surface area contributed by atoms with Gasteiger partial charge in [0.05, 0.1) is 21.5 Å². The van der Waals surface area contributed by atoms with Crippen LogP contribution in [0.2, 0.25) is 0 Å². The lowest BCUT2D eigenvalue weighted by molar-refractivity contribution is -0.113. The maximum absolute atomic E-state index is 12.5. The van der Waals surface area contributed by atoms with Gasteiger partial charge >= 0.3 is 0 Å². The van der Waals surface area contributed by atoms with E-state index in [1.54, 1.807) is 17.7 Å². The number of benzene rings is 2. The normalized spacial score (nSPS) is 11.4. The minimum atomic E-state index is -0.0505. The van der Waals surface area contributed by atoms with Gasteiger partial charge in [-0.2, -0.15) is 0 Å². The van der Waals surface area contributed by atoms with E-state index in [-0.39, 0.29) is 11.7 Å². The van der Waals surface area contributed by atoms with E-state index in [0.717, 1.165) is 48.5 Å². The number of aryl methyl sites for hydroxylation is 2. The third kappa shape index (κ3) is 3.98. The molecule has 0 aliphatic carbocycles. The Kier molecular flexibility index (Phi) is 5.29. The number of amides is 1. The van der Waals surface area contributed by atoms with Gasteiger partial charge in [0.2, 0.25) is 5.91 Å². The first-order valence-corrected chi connectivity index (χ1v) is 11.9. The Morgan fingerprint density at radius 1 is 1.13 bits per heavy atom. The fraction of sp³-hybridized carbons (Fsp3) is 0.167. The predicted octanol–water partition coefficient (Wildman–Crippen LogP) is 5.99. The largest absolute Gasteiger partial charge is 0.325 e. The highest BCUT2D eigenvalue weighted by Crippen LogP contribution is 2.37. The highest BCUT2D eigenvalue weighted by molar-refractivity contribution is 8.00. The number of aromatic nitrogens is 3. The Morgan fingerprint density at radius 2 is 2.03 bits per heavy atom. The molecule has 0 saturated heterocycles. The molecular weight excluding hydrogens is 424 g/mol. The van der Waals surface area contributed by atoms with Gasteiger partial charge in [-0.3, -0.25) is 4.79 Å². The van der Waals surface area contributed by atoms with Crippen LogP contribution >= 0.6 is 23.1 Å². The number of nitrogens with one attached hydrogen (secondary N) is 1. The van der Waals surface area contributed by atoms with Crippen molar-refractivity contribution >= 4 is 66.0 Å². The molecule has 0 radical (unpaired) electrons. The summed E-state index contributed by atoms with van der Waals surface area (Å²) in [4.78, 5) is 27.2. The van der Waals surface area contributed by atoms with Gasteiger partial charge in [-0.1, -0.05) is 43.0 Å². The molecule has 0 aliphatic rings. The minimum absolute atomic E-state index is 0.0505. The van der Waals surface area contributed by atoms with Gasteiger partial charge in [0.1, 0.15) is 16.2 Å². The topological polar surface area (TPSA) is 67.8 Å². The van der Waals surface area contributed by atoms with E-state index in [1.165, 1.54) is 22.9 Å². The van der Waals surface area contributed by atoms with Crippen molar-refractivity contribution in [2.24, 2.45) is 0 Å². The van der Waals surface area contributed by atoms with Gasteiger partial charge in [-0.05, 0) is 48.7 Å². The standard InChI is InChI=1S/C24H20N4OS2/c1-3-15-5-4-6-17(10-15)27-20(29)12-30-24-22-21(25-13-26-24)18-11-16-8-7-14(2)9-19(16)28-23(18)31-22/h4-11,13H,3,12H2,1-2H3,(H,27,29). The smallest absolute Gasteiger partial charge is 0.234 e. The SMILES string of the molecule is CCc1cccc(NC(=O)CSc2ncnc3c2sc2nc4cc(C)ccc4cc23)c1. The summed E-state index contributed by atoms with van der Waals surface area (Å²) in [5.41, 5.74) is 5.08. The van der Waals surface area contributed by atoms with Crippen LogP contribution in [0.5, 0.6) is 0 Å². The van der Waals surface area contributed by atoms with Gasteiger partial charge in [0.25, 0.3) is 0 Å². The molecule has 31 heavy (non-hydrogen) atoms. The van der Waals surface area contributed by atoms with E-state index < -0.39 is 0 Å². The quantitative estimate of drug-likeness (QED) is 0.266. The second-order valence-corrected chi connectivity index (χ2v) is 9.35. The van der Waals surface area contributed by atoms with Crippen LogP contribution in [-0.4, -0.2) is 26.6 Å². The van der Waals surface area contributed by atoms with Crippen LogP contribution in [0.4, 0.5) is 5.69 Å². The van der Waals surface area contributed by atoms with Gasteiger partial charge in [0, 0.05) is 16.5 Å².